The van der Waals surface area contributed by atoms with Gasteiger partial charge in [0.2, 0.25) is 5.79 Å². The highest BCUT2D eigenvalue weighted by Crippen LogP contribution is 2.46. The SMILES string of the molecule is C[C@@H]1C[C@H](O)C(O)[C@@]2(OCc3ccc(Cc4cc5ccccc5s4)cc32)O1. The molecule has 0 radical (unpaired) electrons. The van der Waals surface area contributed by atoms with Crippen molar-refractivity contribution >= 4 is 21.4 Å². The molecule has 2 aliphatic rings. The molecular formula is C22H22O4S. The van der Waals surface area contributed by atoms with Gasteiger partial charge in [-0.2, -0.15) is 0 Å². The van der Waals surface area contributed by atoms with Gasteiger partial charge in [-0.1, -0.05) is 30.3 Å². The van der Waals surface area contributed by atoms with Crippen LogP contribution < -0.4 is 0 Å². The summed E-state index contributed by atoms with van der Waals surface area (Å²) in [6.45, 7) is 2.29. The van der Waals surface area contributed by atoms with Crippen molar-refractivity contribution in [1.29, 1.82) is 0 Å². The second kappa shape index (κ2) is 6.40. The van der Waals surface area contributed by atoms with Gasteiger partial charge >= 0.3 is 0 Å². The van der Waals surface area contributed by atoms with Gasteiger partial charge in [-0.05, 0) is 41.6 Å². The van der Waals surface area contributed by atoms with Crippen LogP contribution in [0.1, 0.15) is 34.9 Å². The molecule has 1 aromatic heterocycles. The van der Waals surface area contributed by atoms with Crippen LogP contribution >= 0.6 is 11.3 Å². The Morgan fingerprint density at radius 2 is 2.00 bits per heavy atom. The van der Waals surface area contributed by atoms with Crippen LogP contribution in [0.4, 0.5) is 0 Å². The van der Waals surface area contributed by atoms with Gasteiger partial charge in [0.1, 0.15) is 6.10 Å². The molecule has 4 nitrogen and oxygen atoms in total. The Hall–Kier alpha value is -1.76. The number of hydrogen-bond acceptors (Lipinski definition) is 5. The molecule has 0 saturated carbocycles. The molecule has 1 unspecified atom stereocenters. The third kappa shape index (κ3) is 2.82. The number of benzene rings is 2. The standard InChI is InChI=1S/C22H22O4S/c1-13-8-19(23)21(24)22(26-13)18-10-14(6-7-16(18)12-25-22)9-17-11-15-4-2-3-5-20(15)27-17/h2-7,10-11,13,19,21,23-24H,8-9,12H2,1H3/t13-,19+,21?,22+/m1/s1. The summed E-state index contributed by atoms with van der Waals surface area (Å²) in [5.41, 5.74) is 3.00. The molecule has 4 atom stereocenters. The van der Waals surface area contributed by atoms with E-state index in [9.17, 15) is 10.2 Å². The lowest BCUT2D eigenvalue weighted by Crippen LogP contribution is -2.55. The van der Waals surface area contributed by atoms with E-state index in [2.05, 4.69) is 48.5 Å². The molecule has 5 heteroatoms. The number of aliphatic hydroxyl groups excluding tert-OH is 2. The predicted molar refractivity (Wildman–Crippen MR) is 105 cm³/mol. The topological polar surface area (TPSA) is 58.9 Å². The number of hydrogen-bond donors (Lipinski definition) is 2. The third-order valence-corrected chi connectivity index (χ3v) is 6.67. The monoisotopic (exact) mass is 382 g/mol. The Balaban J connectivity index is 1.50. The molecule has 1 fully saturated rings. The fourth-order valence-electron chi connectivity index (χ4n) is 4.25. The summed E-state index contributed by atoms with van der Waals surface area (Å²) in [6, 6.07) is 16.9. The van der Waals surface area contributed by atoms with Gasteiger partial charge in [0.05, 0.1) is 18.8 Å². The molecular weight excluding hydrogens is 360 g/mol. The first-order chi connectivity index (χ1) is 13.0. The zero-order chi connectivity index (χ0) is 18.6. The molecule has 3 aromatic rings. The summed E-state index contributed by atoms with van der Waals surface area (Å²) in [5.74, 6) is -1.26. The first kappa shape index (κ1) is 17.3. The zero-order valence-corrected chi connectivity index (χ0v) is 15.9. The van der Waals surface area contributed by atoms with Crippen LogP contribution in [0.15, 0.2) is 48.5 Å². The third-order valence-electron chi connectivity index (χ3n) is 5.55. The molecule has 1 saturated heterocycles. The van der Waals surface area contributed by atoms with Crippen LogP contribution in [0.5, 0.6) is 0 Å². The molecule has 2 N–H and O–H groups in total. The maximum Gasteiger partial charge on any atom is 0.225 e. The lowest BCUT2D eigenvalue weighted by Gasteiger charge is -2.43. The minimum absolute atomic E-state index is 0.180. The first-order valence-corrected chi connectivity index (χ1v) is 10.1. The van der Waals surface area contributed by atoms with Crippen LogP contribution in [0.25, 0.3) is 10.1 Å². The summed E-state index contributed by atoms with van der Waals surface area (Å²) >= 11 is 1.80. The van der Waals surface area contributed by atoms with E-state index in [4.69, 9.17) is 9.47 Å². The van der Waals surface area contributed by atoms with E-state index in [0.29, 0.717) is 13.0 Å². The van der Waals surface area contributed by atoms with E-state index >= 15 is 0 Å². The van der Waals surface area contributed by atoms with E-state index in [1.54, 1.807) is 11.3 Å². The van der Waals surface area contributed by atoms with Crippen LogP contribution in [-0.2, 0) is 28.3 Å². The Labute approximate surface area is 162 Å². The number of thiophene rings is 1. The molecule has 27 heavy (non-hydrogen) atoms. The van der Waals surface area contributed by atoms with E-state index in [-0.39, 0.29) is 6.10 Å². The van der Waals surface area contributed by atoms with Gasteiger partial charge < -0.3 is 19.7 Å². The fourth-order valence-corrected chi connectivity index (χ4v) is 5.35. The summed E-state index contributed by atoms with van der Waals surface area (Å²) in [4.78, 5) is 1.29. The highest BCUT2D eigenvalue weighted by molar-refractivity contribution is 7.19. The maximum absolute atomic E-state index is 10.7. The number of aliphatic hydroxyl groups is 2. The molecule has 140 valence electrons. The Morgan fingerprint density at radius 1 is 1.15 bits per heavy atom. The van der Waals surface area contributed by atoms with Crippen molar-refractivity contribution in [3.63, 3.8) is 0 Å². The fraction of sp³-hybridized carbons (Fsp3) is 0.364. The molecule has 3 heterocycles. The maximum atomic E-state index is 10.7. The van der Waals surface area contributed by atoms with Gasteiger partial charge in [-0.25, -0.2) is 0 Å². The van der Waals surface area contributed by atoms with Crippen LogP contribution in [-0.4, -0.2) is 28.5 Å². The molecule has 2 aliphatic heterocycles. The second-order valence-electron chi connectivity index (χ2n) is 7.55. The van der Waals surface area contributed by atoms with E-state index in [1.807, 2.05) is 6.92 Å². The van der Waals surface area contributed by atoms with E-state index < -0.39 is 18.0 Å². The smallest absolute Gasteiger partial charge is 0.225 e. The Bertz CT molecular complexity index is 964. The number of ether oxygens (including phenoxy) is 2. The van der Waals surface area contributed by atoms with Crippen molar-refractivity contribution in [3.05, 3.63) is 70.1 Å². The lowest BCUT2D eigenvalue weighted by atomic mass is 9.88. The summed E-state index contributed by atoms with van der Waals surface area (Å²) in [7, 11) is 0. The minimum Gasteiger partial charge on any atom is -0.390 e. The van der Waals surface area contributed by atoms with Gasteiger partial charge in [0, 0.05) is 28.0 Å². The second-order valence-corrected chi connectivity index (χ2v) is 8.72. The van der Waals surface area contributed by atoms with Crippen molar-refractivity contribution in [1.82, 2.24) is 0 Å². The highest BCUT2D eigenvalue weighted by atomic mass is 32.1. The van der Waals surface area contributed by atoms with Gasteiger partial charge in [-0.3, -0.25) is 0 Å². The number of fused-ring (bicyclic) bond motifs is 3. The summed E-state index contributed by atoms with van der Waals surface area (Å²) in [6.07, 6.45) is -0.902. The molecule has 0 aliphatic carbocycles. The van der Waals surface area contributed by atoms with Crippen molar-refractivity contribution in [2.45, 2.75) is 50.5 Å². The van der Waals surface area contributed by atoms with Gasteiger partial charge in [0.25, 0.3) is 0 Å². The van der Waals surface area contributed by atoms with Crippen molar-refractivity contribution in [3.8, 4) is 0 Å². The molecule has 2 aromatic carbocycles. The molecule has 0 bridgehead atoms. The average molecular weight is 382 g/mol. The van der Waals surface area contributed by atoms with Crippen molar-refractivity contribution in [2.75, 3.05) is 0 Å². The summed E-state index contributed by atoms with van der Waals surface area (Å²) < 4.78 is 13.3. The van der Waals surface area contributed by atoms with Crippen LogP contribution in [0.3, 0.4) is 0 Å². The molecule has 5 rings (SSSR count). The van der Waals surface area contributed by atoms with Crippen LogP contribution in [0, 0.1) is 0 Å². The minimum atomic E-state index is -1.26. The van der Waals surface area contributed by atoms with Crippen LogP contribution in [0.2, 0.25) is 0 Å². The van der Waals surface area contributed by atoms with Crippen molar-refractivity contribution in [2.24, 2.45) is 0 Å². The van der Waals surface area contributed by atoms with Gasteiger partial charge in [-0.15, -0.1) is 11.3 Å². The summed E-state index contributed by atoms with van der Waals surface area (Å²) in [5, 5.41) is 22.2. The van der Waals surface area contributed by atoms with Crippen molar-refractivity contribution < 1.29 is 19.7 Å². The Kier molecular flexibility index (Phi) is 4.11. The van der Waals surface area contributed by atoms with E-state index in [0.717, 1.165) is 23.1 Å². The predicted octanol–water partition coefficient (Wildman–Crippen LogP) is 3.71. The van der Waals surface area contributed by atoms with Gasteiger partial charge in [0.15, 0.2) is 0 Å². The Morgan fingerprint density at radius 3 is 2.85 bits per heavy atom. The quantitative estimate of drug-likeness (QED) is 0.709. The highest BCUT2D eigenvalue weighted by Gasteiger charge is 2.54. The largest absolute Gasteiger partial charge is 0.390 e. The molecule has 1 spiro atoms. The number of rotatable bonds is 2. The first-order valence-electron chi connectivity index (χ1n) is 9.33. The average Bonchev–Trinajstić information content (AvgIpc) is 3.21. The molecule has 0 amide bonds. The lowest BCUT2D eigenvalue weighted by molar-refractivity contribution is -0.342. The normalized spacial score (nSPS) is 30.1. The zero-order valence-electron chi connectivity index (χ0n) is 15.1. The van der Waals surface area contributed by atoms with E-state index in [1.165, 1.54) is 15.0 Å².